The number of rotatable bonds is 4. The first-order chi connectivity index (χ1) is 10.2. The lowest BCUT2D eigenvalue weighted by Gasteiger charge is -2.04. The van der Waals surface area contributed by atoms with Gasteiger partial charge in [0.1, 0.15) is 5.69 Å². The van der Waals surface area contributed by atoms with Crippen molar-refractivity contribution in [2.24, 2.45) is 7.05 Å². The summed E-state index contributed by atoms with van der Waals surface area (Å²) < 4.78 is 3.21. The number of carbonyl (C=O) groups excluding carboxylic acids is 1. The van der Waals surface area contributed by atoms with E-state index in [-0.39, 0.29) is 5.78 Å². The summed E-state index contributed by atoms with van der Waals surface area (Å²) in [6.45, 7) is 1.98. The first kappa shape index (κ1) is 13.2. The van der Waals surface area contributed by atoms with Crippen LogP contribution in [0.5, 0.6) is 0 Å². The van der Waals surface area contributed by atoms with Crippen molar-refractivity contribution in [1.29, 1.82) is 0 Å². The molecule has 0 aliphatic rings. The molecule has 0 unspecified atom stereocenters. The van der Waals surface area contributed by atoms with Crippen LogP contribution in [0.15, 0.2) is 42.7 Å². The van der Waals surface area contributed by atoms with Gasteiger partial charge >= 0.3 is 0 Å². The van der Waals surface area contributed by atoms with Gasteiger partial charge in [0.2, 0.25) is 5.78 Å². The maximum absolute atomic E-state index is 12.7. The van der Waals surface area contributed by atoms with E-state index in [4.69, 9.17) is 0 Å². The summed E-state index contributed by atoms with van der Waals surface area (Å²) in [7, 11) is 1.81. The Kier molecular flexibility index (Phi) is 3.35. The molecule has 3 rings (SSSR count). The van der Waals surface area contributed by atoms with E-state index >= 15 is 0 Å². The van der Waals surface area contributed by atoms with Crippen molar-refractivity contribution >= 4 is 5.78 Å². The quantitative estimate of drug-likeness (QED) is 0.684. The van der Waals surface area contributed by atoms with Crippen LogP contribution in [0.1, 0.15) is 28.7 Å². The molecule has 0 atom stereocenters. The van der Waals surface area contributed by atoms with Crippen molar-refractivity contribution in [1.82, 2.24) is 24.8 Å². The number of para-hydroxylation sites is 1. The highest BCUT2D eigenvalue weighted by molar-refractivity contribution is 6.08. The lowest BCUT2D eigenvalue weighted by molar-refractivity contribution is 0.103. The minimum absolute atomic E-state index is 0.117. The predicted molar refractivity (Wildman–Crippen MR) is 77.4 cm³/mol. The van der Waals surface area contributed by atoms with E-state index in [1.54, 1.807) is 15.6 Å². The lowest BCUT2D eigenvalue weighted by atomic mass is 10.1. The maximum Gasteiger partial charge on any atom is 0.216 e. The van der Waals surface area contributed by atoms with Crippen LogP contribution < -0.4 is 0 Å². The van der Waals surface area contributed by atoms with Crippen LogP contribution in [-0.2, 0) is 13.5 Å². The van der Waals surface area contributed by atoms with Gasteiger partial charge in [0.15, 0.2) is 0 Å². The zero-order chi connectivity index (χ0) is 14.8. The van der Waals surface area contributed by atoms with Crippen molar-refractivity contribution in [2.45, 2.75) is 13.3 Å². The number of ketones is 1. The van der Waals surface area contributed by atoms with E-state index in [9.17, 15) is 4.79 Å². The first-order valence-electron chi connectivity index (χ1n) is 6.74. The third-order valence-corrected chi connectivity index (χ3v) is 3.27. The molecular weight excluding hydrogens is 266 g/mol. The Labute approximate surface area is 122 Å². The fourth-order valence-electron chi connectivity index (χ4n) is 2.27. The second kappa shape index (κ2) is 5.32. The average molecular weight is 281 g/mol. The van der Waals surface area contributed by atoms with Gasteiger partial charge in [-0.1, -0.05) is 30.3 Å². The summed E-state index contributed by atoms with van der Waals surface area (Å²) in [4.78, 5) is 12.7. The Morgan fingerprint density at radius 1 is 1.24 bits per heavy atom. The van der Waals surface area contributed by atoms with Gasteiger partial charge in [-0.15, -0.1) is 5.10 Å². The smallest absolute Gasteiger partial charge is 0.216 e. The third-order valence-electron chi connectivity index (χ3n) is 3.27. The van der Waals surface area contributed by atoms with E-state index in [0.29, 0.717) is 17.7 Å². The first-order valence-corrected chi connectivity index (χ1v) is 6.74. The fraction of sp³-hybridized carbons (Fsp3) is 0.200. The molecule has 1 aromatic carbocycles. The van der Waals surface area contributed by atoms with Crippen LogP contribution in [-0.4, -0.2) is 30.6 Å². The summed E-state index contributed by atoms with van der Waals surface area (Å²) in [6, 6.07) is 9.47. The Balaban J connectivity index is 2.06. The highest BCUT2D eigenvalue weighted by atomic mass is 16.1. The second-order valence-corrected chi connectivity index (χ2v) is 4.71. The number of carbonyl (C=O) groups is 1. The lowest BCUT2D eigenvalue weighted by Crippen LogP contribution is -2.11. The van der Waals surface area contributed by atoms with Gasteiger partial charge in [0, 0.05) is 13.2 Å². The molecule has 21 heavy (non-hydrogen) atoms. The fourth-order valence-corrected chi connectivity index (χ4v) is 2.27. The Bertz CT molecular complexity index is 772. The van der Waals surface area contributed by atoms with E-state index in [1.807, 2.05) is 44.3 Å². The molecule has 0 saturated heterocycles. The van der Waals surface area contributed by atoms with Gasteiger partial charge in [-0.2, -0.15) is 5.10 Å². The van der Waals surface area contributed by atoms with E-state index in [2.05, 4.69) is 15.4 Å². The maximum atomic E-state index is 12.7. The molecule has 106 valence electrons. The van der Waals surface area contributed by atoms with Crippen LogP contribution in [0.25, 0.3) is 5.69 Å². The van der Waals surface area contributed by atoms with E-state index in [0.717, 1.165) is 11.4 Å². The van der Waals surface area contributed by atoms with Gasteiger partial charge in [0.25, 0.3) is 0 Å². The summed E-state index contributed by atoms with van der Waals surface area (Å²) in [6.07, 6.45) is 3.93. The van der Waals surface area contributed by atoms with Crippen molar-refractivity contribution in [3.8, 4) is 5.69 Å². The Hall–Kier alpha value is -2.76. The second-order valence-electron chi connectivity index (χ2n) is 4.71. The molecule has 6 heteroatoms. The Morgan fingerprint density at radius 3 is 2.71 bits per heavy atom. The molecule has 0 aliphatic carbocycles. The molecule has 0 N–H and O–H groups in total. The highest BCUT2D eigenvalue weighted by Crippen LogP contribution is 2.16. The number of nitrogens with zero attached hydrogens (tertiary/aromatic N) is 5. The van der Waals surface area contributed by atoms with Gasteiger partial charge in [-0.25, -0.2) is 4.68 Å². The largest absolute Gasteiger partial charge is 0.287 e. The average Bonchev–Trinajstić information content (AvgIpc) is 3.13. The Morgan fingerprint density at radius 2 is 2.00 bits per heavy atom. The van der Waals surface area contributed by atoms with Crippen molar-refractivity contribution in [3.63, 3.8) is 0 Å². The monoisotopic (exact) mass is 281 g/mol. The molecule has 0 spiro atoms. The normalized spacial score (nSPS) is 10.8. The summed E-state index contributed by atoms with van der Waals surface area (Å²) >= 11 is 0. The van der Waals surface area contributed by atoms with Gasteiger partial charge in [-0.05, 0) is 18.6 Å². The zero-order valence-electron chi connectivity index (χ0n) is 11.9. The highest BCUT2D eigenvalue weighted by Gasteiger charge is 2.21. The van der Waals surface area contributed by atoms with Gasteiger partial charge in [-0.3, -0.25) is 9.48 Å². The van der Waals surface area contributed by atoms with Crippen LogP contribution in [0.3, 0.4) is 0 Å². The van der Waals surface area contributed by atoms with E-state index in [1.165, 1.54) is 6.20 Å². The molecule has 6 nitrogen and oxygen atoms in total. The summed E-state index contributed by atoms with van der Waals surface area (Å²) in [5, 5.41) is 12.2. The third kappa shape index (κ3) is 2.35. The minimum atomic E-state index is -0.117. The van der Waals surface area contributed by atoms with Crippen molar-refractivity contribution in [3.05, 3.63) is 59.7 Å². The van der Waals surface area contributed by atoms with Crippen LogP contribution in [0.4, 0.5) is 0 Å². The number of aryl methyl sites for hydroxylation is 2. The summed E-state index contributed by atoms with van der Waals surface area (Å²) in [5.41, 5.74) is 2.62. The van der Waals surface area contributed by atoms with Crippen LogP contribution in [0, 0.1) is 0 Å². The molecular formula is C15H15N5O. The number of hydrogen-bond acceptors (Lipinski definition) is 4. The van der Waals surface area contributed by atoms with Crippen molar-refractivity contribution < 1.29 is 4.79 Å². The van der Waals surface area contributed by atoms with Crippen LogP contribution >= 0.6 is 0 Å². The molecule has 0 radical (unpaired) electrons. The molecule has 0 amide bonds. The molecule has 2 heterocycles. The molecule has 2 aromatic heterocycles. The topological polar surface area (TPSA) is 65.6 Å². The number of aromatic nitrogens is 5. The minimum Gasteiger partial charge on any atom is -0.287 e. The molecule has 0 saturated carbocycles. The van der Waals surface area contributed by atoms with Crippen molar-refractivity contribution in [2.75, 3.05) is 0 Å². The molecule has 0 aliphatic heterocycles. The SMILES string of the molecule is CCc1nn(C)cc1C(=O)c1cnnn1-c1ccccc1. The number of benzene rings is 1. The van der Waals surface area contributed by atoms with E-state index < -0.39 is 0 Å². The predicted octanol–water partition coefficient (Wildman–Crippen LogP) is 1.79. The zero-order valence-corrected chi connectivity index (χ0v) is 11.9. The standard InChI is InChI=1S/C15H15N5O/c1-3-13-12(10-19(2)17-13)15(21)14-9-16-18-20(14)11-7-5-4-6-8-11/h4-10H,3H2,1-2H3. The van der Waals surface area contributed by atoms with Gasteiger partial charge < -0.3 is 0 Å². The molecule has 3 aromatic rings. The molecule has 0 bridgehead atoms. The summed E-state index contributed by atoms with van der Waals surface area (Å²) in [5.74, 6) is -0.117. The number of hydrogen-bond donors (Lipinski definition) is 0. The van der Waals surface area contributed by atoms with Gasteiger partial charge in [0.05, 0.1) is 23.1 Å². The van der Waals surface area contributed by atoms with Crippen LogP contribution in [0.2, 0.25) is 0 Å². The molecule has 0 fully saturated rings.